The molecule has 1 fully saturated rings. The van der Waals surface area contributed by atoms with Crippen molar-refractivity contribution in [2.75, 3.05) is 19.3 Å². The summed E-state index contributed by atoms with van der Waals surface area (Å²) in [5.41, 5.74) is 0. The lowest BCUT2D eigenvalue weighted by Crippen LogP contribution is -2.31. The molecule has 0 amide bonds. The summed E-state index contributed by atoms with van der Waals surface area (Å²) in [6, 6.07) is 0. The molecule has 0 radical (unpaired) electrons. The quantitative estimate of drug-likeness (QED) is 0.710. The van der Waals surface area contributed by atoms with Crippen molar-refractivity contribution in [2.45, 2.75) is 38.7 Å². The smallest absolute Gasteiger partial charge is 0.213 e. The zero-order valence-corrected chi connectivity index (χ0v) is 10.3. The van der Waals surface area contributed by atoms with E-state index in [-0.39, 0.29) is 5.75 Å². The number of nitrogens with zero attached hydrogens (tertiary/aromatic N) is 1. The largest absolute Gasteiger partial charge is 0.393 e. The lowest BCUT2D eigenvalue weighted by molar-refractivity contribution is 0.177. The van der Waals surface area contributed by atoms with Gasteiger partial charge in [-0.3, -0.25) is 0 Å². The minimum atomic E-state index is -3.09. The fraction of sp³-hybridized carbons (Fsp3) is 1.00. The molecular formula is C10H21NO3S. The van der Waals surface area contributed by atoms with Gasteiger partial charge < -0.3 is 5.11 Å². The zero-order chi connectivity index (χ0) is 11.5. The molecule has 5 heteroatoms. The van der Waals surface area contributed by atoms with Crippen LogP contribution in [0.2, 0.25) is 0 Å². The Hall–Kier alpha value is -0.130. The van der Waals surface area contributed by atoms with Crippen LogP contribution in [-0.2, 0) is 10.0 Å². The molecule has 0 heterocycles. The molecular weight excluding hydrogens is 214 g/mol. The summed E-state index contributed by atoms with van der Waals surface area (Å²) in [5.74, 6) is 0.901. The van der Waals surface area contributed by atoms with Crippen LogP contribution < -0.4 is 0 Å². The van der Waals surface area contributed by atoms with Crippen molar-refractivity contribution in [3.63, 3.8) is 0 Å². The van der Waals surface area contributed by atoms with Gasteiger partial charge in [-0.1, -0.05) is 12.8 Å². The first-order valence-electron chi connectivity index (χ1n) is 5.54. The monoisotopic (exact) mass is 235 g/mol. The van der Waals surface area contributed by atoms with Crippen molar-refractivity contribution in [1.82, 2.24) is 4.31 Å². The van der Waals surface area contributed by atoms with Crippen LogP contribution in [0.25, 0.3) is 0 Å². The number of hydrogen-bond donors (Lipinski definition) is 1. The third kappa shape index (κ3) is 4.95. The van der Waals surface area contributed by atoms with E-state index < -0.39 is 16.1 Å². The topological polar surface area (TPSA) is 57.6 Å². The highest BCUT2D eigenvalue weighted by atomic mass is 32.2. The van der Waals surface area contributed by atoms with E-state index >= 15 is 0 Å². The van der Waals surface area contributed by atoms with Gasteiger partial charge in [0.1, 0.15) is 0 Å². The molecule has 0 bridgehead atoms. The minimum absolute atomic E-state index is 0.258. The van der Waals surface area contributed by atoms with E-state index in [1.807, 2.05) is 0 Å². The van der Waals surface area contributed by atoms with Gasteiger partial charge in [-0.05, 0) is 25.7 Å². The van der Waals surface area contributed by atoms with Crippen LogP contribution in [-0.4, -0.2) is 43.3 Å². The Morgan fingerprint density at radius 1 is 1.47 bits per heavy atom. The number of aliphatic hydroxyl groups excluding tert-OH is 1. The number of aliphatic hydroxyl groups is 1. The van der Waals surface area contributed by atoms with Gasteiger partial charge in [0.2, 0.25) is 10.0 Å². The van der Waals surface area contributed by atoms with E-state index in [1.54, 1.807) is 14.0 Å². The van der Waals surface area contributed by atoms with Crippen LogP contribution in [0.15, 0.2) is 0 Å². The second-order valence-electron chi connectivity index (χ2n) is 4.51. The minimum Gasteiger partial charge on any atom is -0.393 e. The van der Waals surface area contributed by atoms with Gasteiger partial charge in [0.15, 0.2) is 0 Å². The van der Waals surface area contributed by atoms with Crippen LogP contribution in [0.5, 0.6) is 0 Å². The normalized spacial score (nSPS) is 19.5. The molecule has 0 aromatic carbocycles. The lowest BCUT2D eigenvalue weighted by atomic mass is 10.3. The van der Waals surface area contributed by atoms with Crippen LogP contribution in [0.1, 0.15) is 32.6 Å². The van der Waals surface area contributed by atoms with E-state index in [0.29, 0.717) is 18.9 Å². The van der Waals surface area contributed by atoms with Crippen molar-refractivity contribution in [3.8, 4) is 0 Å². The molecule has 90 valence electrons. The summed E-state index contributed by atoms with van der Waals surface area (Å²) < 4.78 is 24.8. The van der Waals surface area contributed by atoms with E-state index in [4.69, 9.17) is 5.11 Å². The molecule has 15 heavy (non-hydrogen) atoms. The van der Waals surface area contributed by atoms with Crippen LogP contribution >= 0.6 is 0 Å². The van der Waals surface area contributed by atoms with Gasteiger partial charge in [-0.15, -0.1) is 0 Å². The number of sulfonamides is 1. The van der Waals surface area contributed by atoms with Gasteiger partial charge >= 0.3 is 0 Å². The predicted molar refractivity (Wildman–Crippen MR) is 60.1 cm³/mol. The Bertz CT molecular complexity index is 283. The average molecular weight is 235 g/mol. The Kier molecular flexibility index (Phi) is 4.55. The first-order valence-corrected chi connectivity index (χ1v) is 7.15. The molecule has 0 aromatic rings. The van der Waals surface area contributed by atoms with Gasteiger partial charge in [0, 0.05) is 13.6 Å². The third-order valence-corrected chi connectivity index (χ3v) is 4.70. The molecule has 1 saturated carbocycles. The van der Waals surface area contributed by atoms with Crippen molar-refractivity contribution in [2.24, 2.45) is 5.92 Å². The summed E-state index contributed by atoms with van der Waals surface area (Å²) in [4.78, 5) is 0. The first-order chi connectivity index (χ1) is 6.92. The molecule has 1 atom stereocenters. The van der Waals surface area contributed by atoms with E-state index in [9.17, 15) is 8.42 Å². The van der Waals surface area contributed by atoms with Crippen LogP contribution in [0.4, 0.5) is 0 Å². The highest BCUT2D eigenvalue weighted by molar-refractivity contribution is 7.89. The zero-order valence-electron chi connectivity index (χ0n) is 9.52. The predicted octanol–water partition coefficient (Wildman–Crippen LogP) is 0.819. The van der Waals surface area contributed by atoms with Crippen molar-refractivity contribution < 1.29 is 13.5 Å². The molecule has 1 rings (SSSR count). The Morgan fingerprint density at radius 2 is 2.07 bits per heavy atom. The molecule has 0 aromatic heterocycles. The lowest BCUT2D eigenvalue weighted by Gasteiger charge is -2.17. The Balaban J connectivity index is 2.30. The van der Waals surface area contributed by atoms with Crippen LogP contribution in [0, 0.1) is 5.92 Å². The highest BCUT2D eigenvalue weighted by Crippen LogP contribution is 2.32. The standard InChI is InChI=1S/C10H21NO3S/c1-9(12)5-7-11(2)15(13,14)8-6-10-3-4-10/h9-10,12H,3-8H2,1-2H3. The molecule has 1 unspecified atom stereocenters. The fourth-order valence-corrected chi connectivity index (χ4v) is 2.71. The summed E-state index contributed by atoms with van der Waals surface area (Å²) in [6.45, 7) is 2.08. The number of rotatable bonds is 7. The molecule has 0 aliphatic heterocycles. The summed E-state index contributed by atoms with van der Waals surface area (Å²) in [6.07, 6.45) is 3.23. The van der Waals surface area contributed by atoms with Crippen molar-refractivity contribution in [1.29, 1.82) is 0 Å². The second-order valence-corrected chi connectivity index (χ2v) is 6.70. The summed E-state index contributed by atoms with van der Waals surface area (Å²) in [7, 11) is -1.50. The van der Waals surface area contributed by atoms with E-state index in [0.717, 1.165) is 6.42 Å². The van der Waals surface area contributed by atoms with Gasteiger partial charge in [-0.25, -0.2) is 12.7 Å². The maximum absolute atomic E-state index is 11.7. The maximum atomic E-state index is 11.7. The summed E-state index contributed by atoms with van der Waals surface area (Å²) >= 11 is 0. The molecule has 0 spiro atoms. The summed E-state index contributed by atoms with van der Waals surface area (Å²) in [5, 5.41) is 9.07. The third-order valence-electron chi connectivity index (χ3n) is 2.82. The fourth-order valence-electron chi connectivity index (χ4n) is 1.39. The molecule has 1 N–H and O–H groups in total. The van der Waals surface area contributed by atoms with Gasteiger partial charge in [-0.2, -0.15) is 0 Å². The molecule has 4 nitrogen and oxygen atoms in total. The average Bonchev–Trinajstić information content (AvgIpc) is 2.94. The molecule has 0 saturated heterocycles. The second kappa shape index (κ2) is 5.27. The Labute approximate surface area is 92.3 Å². The van der Waals surface area contributed by atoms with Gasteiger partial charge in [0.25, 0.3) is 0 Å². The number of hydrogen-bond acceptors (Lipinski definition) is 3. The van der Waals surface area contributed by atoms with Crippen molar-refractivity contribution in [3.05, 3.63) is 0 Å². The van der Waals surface area contributed by atoms with Crippen molar-refractivity contribution >= 4 is 10.0 Å². The van der Waals surface area contributed by atoms with Gasteiger partial charge in [0.05, 0.1) is 11.9 Å². The highest BCUT2D eigenvalue weighted by Gasteiger charge is 2.25. The Morgan fingerprint density at radius 3 is 2.53 bits per heavy atom. The maximum Gasteiger partial charge on any atom is 0.213 e. The van der Waals surface area contributed by atoms with E-state index in [1.165, 1.54) is 17.1 Å². The SMILES string of the molecule is CC(O)CCN(C)S(=O)(=O)CCC1CC1. The molecule has 1 aliphatic rings. The van der Waals surface area contributed by atoms with Crippen LogP contribution in [0.3, 0.4) is 0 Å². The molecule has 1 aliphatic carbocycles. The van der Waals surface area contributed by atoms with E-state index in [2.05, 4.69) is 0 Å². The first kappa shape index (κ1) is 12.9.